The van der Waals surface area contributed by atoms with Crippen LogP contribution in [-0.2, 0) is 11.3 Å². The minimum Gasteiger partial charge on any atom is -0.396 e. The van der Waals surface area contributed by atoms with Crippen molar-refractivity contribution in [2.24, 2.45) is 11.8 Å². The molecular weight excluding hydrogens is 422 g/mol. The van der Waals surface area contributed by atoms with Crippen LogP contribution in [0.25, 0.3) is 0 Å². The molecule has 0 spiro atoms. The highest BCUT2D eigenvalue weighted by molar-refractivity contribution is 5.92. The summed E-state index contributed by atoms with van der Waals surface area (Å²) in [6.07, 6.45) is 0.704. The third kappa shape index (κ3) is 3.64. The number of urea groups is 1. The SMILES string of the molecule is CCCNC(=O)[C@H]1[C@H](CO)[C@H]2Cn3c(cccc3=O)[C@@H]1N2C(=O)Nc1cc(F)ccc1F. The average Bonchev–Trinajstić information content (AvgIpc) is 3.02. The predicted octanol–water partition coefficient (Wildman–Crippen LogP) is 1.85. The predicted molar refractivity (Wildman–Crippen MR) is 112 cm³/mol. The van der Waals surface area contributed by atoms with Gasteiger partial charge in [0.05, 0.1) is 23.7 Å². The topological polar surface area (TPSA) is 104 Å². The number of benzene rings is 1. The number of nitrogens with zero attached hydrogens (tertiary/aromatic N) is 2. The van der Waals surface area contributed by atoms with Gasteiger partial charge in [-0.3, -0.25) is 9.59 Å². The van der Waals surface area contributed by atoms with Crippen LogP contribution >= 0.6 is 0 Å². The van der Waals surface area contributed by atoms with Gasteiger partial charge in [0.25, 0.3) is 5.56 Å². The maximum absolute atomic E-state index is 14.1. The van der Waals surface area contributed by atoms with Gasteiger partial charge in [-0.25, -0.2) is 13.6 Å². The number of amides is 3. The van der Waals surface area contributed by atoms with E-state index in [9.17, 15) is 28.3 Å². The van der Waals surface area contributed by atoms with Crippen LogP contribution in [-0.4, -0.2) is 45.7 Å². The molecule has 1 fully saturated rings. The minimum absolute atomic E-state index is 0.0767. The Hall–Kier alpha value is -3.27. The van der Waals surface area contributed by atoms with Crippen molar-refractivity contribution in [1.29, 1.82) is 0 Å². The molecule has 3 N–H and O–H groups in total. The first-order valence-electron chi connectivity index (χ1n) is 10.5. The number of aromatic nitrogens is 1. The van der Waals surface area contributed by atoms with E-state index in [2.05, 4.69) is 10.6 Å². The van der Waals surface area contributed by atoms with Crippen molar-refractivity contribution in [2.75, 3.05) is 18.5 Å². The molecule has 2 bridgehead atoms. The number of aliphatic hydroxyl groups excluding tert-OH is 1. The van der Waals surface area contributed by atoms with Crippen LogP contribution in [0.5, 0.6) is 0 Å². The van der Waals surface area contributed by atoms with Crippen molar-refractivity contribution in [1.82, 2.24) is 14.8 Å². The zero-order valence-electron chi connectivity index (χ0n) is 17.4. The zero-order valence-corrected chi connectivity index (χ0v) is 17.4. The van der Waals surface area contributed by atoms with Gasteiger partial charge in [0.2, 0.25) is 5.91 Å². The van der Waals surface area contributed by atoms with E-state index in [1.165, 1.54) is 15.5 Å². The molecule has 1 aromatic carbocycles. The number of aliphatic hydroxyl groups is 1. The van der Waals surface area contributed by atoms with E-state index >= 15 is 0 Å². The fraction of sp³-hybridized carbons (Fsp3) is 0.409. The summed E-state index contributed by atoms with van der Waals surface area (Å²) in [7, 11) is 0. The van der Waals surface area contributed by atoms with E-state index in [0.717, 1.165) is 18.2 Å². The van der Waals surface area contributed by atoms with Gasteiger partial charge < -0.3 is 25.2 Å². The summed E-state index contributed by atoms with van der Waals surface area (Å²) < 4.78 is 29.2. The van der Waals surface area contributed by atoms with Crippen LogP contribution in [0.2, 0.25) is 0 Å². The molecule has 3 amide bonds. The van der Waals surface area contributed by atoms with Crippen molar-refractivity contribution in [3.8, 4) is 0 Å². The summed E-state index contributed by atoms with van der Waals surface area (Å²) >= 11 is 0. The number of hydrogen-bond donors (Lipinski definition) is 3. The molecule has 0 saturated carbocycles. The van der Waals surface area contributed by atoms with Crippen LogP contribution in [0.1, 0.15) is 25.1 Å². The summed E-state index contributed by atoms with van der Waals surface area (Å²) in [4.78, 5) is 40.2. The first-order valence-corrected chi connectivity index (χ1v) is 10.5. The van der Waals surface area contributed by atoms with Crippen LogP contribution in [0.3, 0.4) is 0 Å². The Bertz CT molecular complexity index is 1110. The Kier molecular flexibility index (Phi) is 5.96. The van der Waals surface area contributed by atoms with Crippen molar-refractivity contribution in [3.63, 3.8) is 0 Å². The maximum Gasteiger partial charge on any atom is 0.322 e. The third-order valence-corrected chi connectivity index (χ3v) is 6.18. The third-order valence-electron chi connectivity index (χ3n) is 6.18. The smallest absolute Gasteiger partial charge is 0.322 e. The summed E-state index contributed by atoms with van der Waals surface area (Å²) in [6, 6.07) is 5.02. The number of rotatable bonds is 5. The van der Waals surface area contributed by atoms with E-state index in [-0.39, 0.29) is 30.3 Å². The molecule has 2 aliphatic rings. The molecule has 8 nitrogen and oxygen atoms in total. The molecule has 0 aliphatic carbocycles. The number of pyridine rings is 1. The molecule has 4 atom stereocenters. The number of nitrogens with one attached hydrogen (secondary N) is 2. The van der Waals surface area contributed by atoms with E-state index in [0.29, 0.717) is 18.7 Å². The Balaban J connectivity index is 1.76. The molecular formula is C22H24F2N4O4. The zero-order chi connectivity index (χ0) is 23.0. The normalized spacial score (nSPS) is 23.6. The lowest BCUT2D eigenvalue weighted by atomic mass is 9.86. The van der Waals surface area contributed by atoms with E-state index in [1.807, 2.05) is 6.92 Å². The Morgan fingerprint density at radius 3 is 2.72 bits per heavy atom. The Morgan fingerprint density at radius 1 is 1.22 bits per heavy atom. The first kappa shape index (κ1) is 21.9. The van der Waals surface area contributed by atoms with Crippen molar-refractivity contribution >= 4 is 17.6 Å². The van der Waals surface area contributed by atoms with Gasteiger partial charge >= 0.3 is 6.03 Å². The molecule has 170 valence electrons. The van der Waals surface area contributed by atoms with E-state index in [1.54, 1.807) is 12.1 Å². The Morgan fingerprint density at radius 2 is 2.00 bits per heavy atom. The van der Waals surface area contributed by atoms with Crippen molar-refractivity contribution < 1.29 is 23.5 Å². The molecule has 2 aromatic rings. The summed E-state index contributed by atoms with van der Waals surface area (Å²) in [5.41, 5.74) is -0.158. The fourth-order valence-electron chi connectivity index (χ4n) is 4.77. The molecule has 1 aromatic heterocycles. The monoisotopic (exact) mass is 446 g/mol. The number of hydrogen-bond acceptors (Lipinski definition) is 4. The number of carbonyl (C=O) groups is 2. The number of halogens is 2. The van der Waals surface area contributed by atoms with Gasteiger partial charge in [-0.05, 0) is 24.6 Å². The van der Waals surface area contributed by atoms with E-state index < -0.39 is 41.6 Å². The number of fused-ring (bicyclic) bond motifs is 4. The fourth-order valence-corrected chi connectivity index (χ4v) is 4.77. The summed E-state index contributed by atoms with van der Waals surface area (Å²) in [5.74, 6) is -3.31. The maximum atomic E-state index is 14.1. The van der Waals surface area contributed by atoms with Crippen LogP contribution in [0, 0.1) is 23.5 Å². The minimum atomic E-state index is -0.853. The highest BCUT2D eigenvalue weighted by Crippen LogP contribution is 2.48. The van der Waals surface area contributed by atoms with Gasteiger partial charge in [0, 0.05) is 43.4 Å². The quantitative estimate of drug-likeness (QED) is 0.652. The summed E-state index contributed by atoms with van der Waals surface area (Å²) in [6.45, 7) is 2.02. The molecule has 0 unspecified atom stereocenters. The van der Waals surface area contributed by atoms with Crippen molar-refractivity contribution in [2.45, 2.75) is 32.0 Å². The van der Waals surface area contributed by atoms with Gasteiger partial charge in [0.15, 0.2) is 0 Å². The lowest BCUT2D eigenvalue weighted by Gasteiger charge is -2.38. The number of carbonyl (C=O) groups excluding carboxylic acids is 2. The molecule has 1 saturated heterocycles. The molecule has 4 rings (SSSR count). The first-order chi connectivity index (χ1) is 15.4. The Labute approximate surface area is 182 Å². The van der Waals surface area contributed by atoms with Crippen LogP contribution in [0.15, 0.2) is 41.2 Å². The molecule has 32 heavy (non-hydrogen) atoms. The lowest BCUT2D eigenvalue weighted by molar-refractivity contribution is -0.127. The summed E-state index contributed by atoms with van der Waals surface area (Å²) in [5, 5.41) is 15.3. The van der Waals surface area contributed by atoms with Gasteiger partial charge in [-0.1, -0.05) is 13.0 Å². The molecule has 0 radical (unpaired) electrons. The van der Waals surface area contributed by atoms with Crippen molar-refractivity contribution in [3.05, 3.63) is 64.1 Å². The second kappa shape index (κ2) is 8.70. The molecule has 10 heteroatoms. The largest absolute Gasteiger partial charge is 0.396 e. The van der Waals surface area contributed by atoms with Gasteiger partial charge in [-0.2, -0.15) is 0 Å². The standard InChI is InChI=1S/C22H24F2N4O4/c1-2-8-25-21(31)19-13(11-29)17-10-27-16(4-3-5-18(27)30)20(19)28(17)22(32)26-15-9-12(23)6-7-14(15)24/h3-7,9,13,17,19-20,29H,2,8,10-11H2,1H3,(H,25,31)(H,26,32)/t13-,17-,19+,20+/m1/s1. The van der Waals surface area contributed by atoms with E-state index in [4.69, 9.17) is 0 Å². The lowest BCUT2D eigenvalue weighted by Crippen LogP contribution is -2.50. The van der Waals surface area contributed by atoms with Gasteiger partial charge in [-0.15, -0.1) is 0 Å². The number of anilines is 1. The highest BCUT2D eigenvalue weighted by Gasteiger charge is 2.57. The second-order valence-electron chi connectivity index (χ2n) is 8.04. The van der Waals surface area contributed by atoms with Crippen LogP contribution < -0.4 is 16.2 Å². The molecule has 3 heterocycles. The van der Waals surface area contributed by atoms with Crippen LogP contribution in [0.4, 0.5) is 19.3 Å². The highest BCUT2D eigenvalue weighted by atomic mass is 19.1. The molecule has 2 aliphatic heterocycles. The average molecular weight is 446 g/mol. The van der Waals surface area contributed by atoms with Gasteiger partial charge in [0.1, 0.15) is 11.6 Å². The second-order valence-corrected chi connectivity index (χ2v) is 8.04.